The molecule has 4 unspecified atom stereocenters. The number of carbonyl (C=O) groups is 2. The van der Waals surface area contributed by atoms with Gasteiger partial charge in [-0.05, 0) is 25.2 Å². The minimum absolute atomic E-state index is 0. The van der Waals surface area contributed by atoms with Gasteiger partial charge in [-0.3, -0.25) is 9.59 Å². The van der Waals surface area contributed by atoms with Gasteiger partial charge in [0.1, 0.15) is 5.54 Å². The molecule has 2 saturated carbocycles. The van der Waals surface area contributed by atoms with Gasteiger partial charge in [0.15, 0.2) is 0 Å². The van der Waals surface area contributed by atoms with E-state index >= 15 is 0 Å². The molecular weight excluding hydrogens is 222 g/mol. The molecule has 0 amide bonds. The summed E-state index contributed by atoms with van der Waals surface area (Å²) in [6.45, 7) is 0. The number of carboxylic acids is 2. The predicted molar refractivity (Wildman–Crippen MR) is 53.8 cm³/mol. The second-order valence-electron chi connectivity index (χ2n) is 4.44. The standard InChI is InChI=1S/C9H13NO4.ClH/c10-9(8(13)14)3-4-1-5(7(11)12)6(9)2-4;/h4-6H,1-3,10H2,(H,11,12)(H,13,14);1H. The molecule has 86 valence electrons. The summed E-state index contributed by atoms with van der Waals surface area (Å²) >= 11 is 0. The highest BCUT2D eigenvalue weighted by Crippen LogP contribution is 2.53. The zero-order valence-corrected chi connectivity index (χ0v) is 8.87. The van der Waals surface area contributed by atoms with Gasteiger partial charge in [0, 0.05) is 5.92 Å². The first-order chi connectivity index (χ1) is 6.45. The van der Waals surface area contributed by atoms with Crippen LogP contribution in [0.25, 0.3) is 0 Å². The van der Waals surface area contributed by atoms with Gasteiger partial charge in [-0.1, -0.05) is 0 Å². The zero-order valence-electron chi connectivity index (χ0n) is 8.05. The number of aliphatic carboxylic acids is 2. The molecule has 2 aliphatic carbocycles. The third-order valence-electron chi connectivity index (χ3n) is 3.66. The first kappa shape index (κ1) is 12.3. The molecule has 0 aromatic heterocycles. The van der Waals surface area contributed by atoms with Crippen LogP contribution in [0.15, 0.2) is 0 Å². The van der Waals surface area contributed by atoms with Crippen molar-refractivity contribution in [1.82, 2.24) is 0 Å². The smallest absolute Gasteiger partial charge is 0.324 e. The van der Waals surface area contributed by atoms with Crippen molar-refractivity contribution in [3.05, 3.63) is 0 Å². The maximum Gasteiger partial charge on any atom is 0.324 e. The summed E-state index contributed by atoms with van der Waals surface area (Å²) in [7, 11) is 0. The van der Waals surface area contributed by atoms with E-state index in [4.69, 9.17) is 15.9 Å². The van der Waals surface area contributed by atoms with Crippen molar-refractivity contribution < 1.29 is 19.8 Å². The lowest BCUT2D eigenvalue weighted by Crippen LogP contribution is -2.55. The van der Waals surface area contributed by atoms with Gasteiger partial charge in [-0.25, -0.2) is 0 Å². The Bertz CT molecular complexity index is 308. The Morgan fingerprint density at radius 1 is 1.27 bits per heavy atom. The highest BCUT2D eigenvalue weighted by Gasteiger charge is 2.59. The molecule has 2 bridgehead atoms. The normalized spacial score (nSPS) is 42.3. The molecule has 2 fully saturated rings. The number of hydrogen-bond donors (Lipinski definition) is 3. The van der Waals surface area contributed by atoms with E-state index in [9.17, 15) is 9.59 Å². The zero-order chi connectivity index (χ0) is 10.5. The molecule has 2 aliphatic rings. The van der Waals surface area contributed by atoms with Crippen LogP contribution in [-0.2, 0) is 9.59 Å². The highest BCUT2D eigenvalue weighted by atomic mass is 35.5. The van der Waals surface area contributed by atoms with Crippen LogP contribution in [0.5, 0.6) is 0 Å². The molecule has 0 radical (unpaired) electrons. The molecule has 5 nitrogen and oxygen atoms in total. The quantitative estimate of drug-likeness (QED) is 0.640. The molecule has 6 heteroatoms. The maximum absolute atomic E-state index is 11.0. The molecule has 0 aromatic carbocycles. The lowest BCUT2D eigenvalue weighted by atomic mass is 9.75. The van der Waals surface area contributed by atoms with Gasteiger partial charge in [-0.2, -0.15) is 0 Å². The van der Waals surface area contributed by atoms with Gasteiger partial charge in [0.05, 0.1) is 5.92 Å². The van der Waals surface area contributed by atoms with Gasteiger partial charge in [-0.15, -0.1) is 12.4 Å². The van der Waals surface area contributed by atoms with Gasteiger partial charge < -0.3 is 15.9 Å². The predicted octanol–water partition coefficient (Wildman–Crippen LogP) is 0.321. The molecule has 0 spiro atoms. The van der Waals surface area contributed by atoms with Crippen LogP contribution in [0.2, 0.25) is 0 Å². The third kappa shape index (κ3) is 1.59. The Labute approximate surface area is 93.1 Å². The number of carboxylic acid groups (broad SMARTS) is 2. The van der Waals surface area contributed by atoms with Crippen molar-refractivity contribution in [2.75, 3.05) is 0 Å². The average Bonchev–Trinajstić information content (AvgIpc) is 2.60. The summed E-state index contributed by atoms with van der Waals surface area (Å²) in [5.74, 6) is -2.73. The first-order valence-corrected chi connectivity index (χ1v) is 4.70. The van der Waals surface area contributed by atoms with Crippen LogP contribution in [0.1, 0.15) is 19.3 Å². The molecule has 0 heterocycles. The van der Waals surface area contributed by atoms with Crippen LogP contribution in [-0.4, -0.2) is 27.7 Å². The minimum atomic E-state index is -1.30. The molecule has 0 aromatic rings. The Morgan fingerprint density at radius 2 is 1.87 bits per heavy atom. The van der Waals surface area contributed by atoms with Crippen molar-refractivity contribution in [3.8, 4) is 0 Å². The van der Waals surface area contributed by atoms with E-state index in [0.29, 0.717) is 19.3 Å². The Kier molecular flexibility index (Phi) is 2.98. The van der Waals surface area contributed by atoms with Gasteiger partial charge in [0.25, 0.3) is 0 Å². The topological polar surface area (TPSA) is 101 Å². The Morgan fingerprint density at radius 3 is 2.27 bits per heavy atom. The fraction of sp³-hybridized carbons (Fsp3) is 0.778. The number of rotatable bonds is 2. The monoisotopic (exact) mass is 235 g/mol. The lowest BCUT2D eigenvalue weighted by Gasteiger charge is -2.32. The average molecular weight is 236 g/mol. The fourth-order valence-corrected chi connectivity index (χ4v) is 3.03. The van der Waals surface area contributed by atoms with Crippen LogP contribution < -0.4 is 5.73 Å². The van der Waals surface area contributed by atoms with Crippen LogP contribution in [0.3, 0.4) is 0 Å². The van der Waals surface area contributed by atoms with Crippen molar-refractivity contribution >= 4 is 24.3 Å². The van der Waals surface area contributed by atoms with E-state index in [-0.39, 0.29) is 24.2 Å². The summed E-state index contributed by atoms with van der Waals surface area (Å²) < 4.78 is 0. The molecular formula is C9H14ClNO4. The highest BCUT2D eigenvalue weighted by molar-refractivity contribution is 5.85. The van der Waals surface area contributed by atoms with Gasteiger partial charge in [0.2, 0.25) is 0 Å². The van der Waals surface area contributed by atoms with E-state index in [0.717, 1.165) is 0 Å². The van der Waals surface area contributed by atoms with Crippen molar-refractivity contribution in [3.63, 3.8) is 0 Å². The third-order valence-corrected chi connectivity index (χ3v) is 3.66. The molecule has 4 atom stereocenters. The molecule has 0 aliphatic heterocycles. The summed E-state index contributed by atoms with van der Waals surface area (Å²) in [6, 6.07) is 0. The van der Waals surface area contributed by atoms with E-state index in [1.54, 1.807) is 0 Å². The van der Waals surface area contributed by atoms with Crippen LogP contribution in [0, 0.1) is 17.8 Å². The molecule has 4 N–H and O–H groups in total. The Hall–Kier alpha value is -0.810. The summed E-state index contributed by atoms with van der Waals surface area (Å²) in [6.07, 6.45) is 1.67. The van der Waals surface area contributed by atoms with Crippen molar-refractivity contribution in [1.29, 1.82) is 0 Å². The molecule has 2 rings (SSSR count). The number of fused-ring (bicyclic) bond motifs is 2. The first-order valence-electron chi connectivity index (χ1n) is 4.70. The second-order valence-corrected chi connectivity index (χ2v) is 4.44. The number of hydrogen-bond acceptors (Lipinski definition) is 3. The maximum atomic E-state index is 11.0. The second kappa shape index (κ2) is 3.64. The van der Waals surface area contributed by atoms with Crippen LogP contribution >= 0.6 is 12.4 Å². The largest absolute Gasteiger partial charge is 0.481 e. The summed E-state index contributed by atoms with van der Waals surface area (Å²) in [4.78, 5) is 21.8. The summed E-state index contributed by atoms with van der Waals surface area (Å²) in [5.41, 5.74) is 4.45. The lowest BCUT2D eigenvalue weighted by molar-refractivity contribution is -0.151. The van der Waals surface area contributed by atoms with E-state index in [1.165, 1.54) is 0 Å². The minimum Gasteiger partial charge on any atom is -0.481 e. The number of nitrogens with two attached hydrogens (primary N) is 1. The van der Waals surface area contributed by atoms with Crippen molar-refractivity contribution in [2.24, 2.45) is 23.5 Å². The van der Waals surface area contributed by atoms with E-state index in [1.807, 2.05) is 0 Å². The van der Waals surface area contributed by atoms with Crippen LogP contribution in [0.4, 0.5) is 0 Å². The Balaban J connectivity index is 0.00000112. The molecule has 15 heavy (non-hydrogen) atoms. The van der Waals surface area contributed by atoms with Crippen molar-refractivity contribution in [2.45, 2.75) is 24.8 Å². The van der Waals surface area contributed by atoms with Gasteiger partial charge >= 0.3 is 11.9 Å². The number of halogens is 1. The summed E-state index contributed by atoms with van der Waals surface area (Å²) in [5, 5.41) is 17.9. The SMILES string of the molecule is Cl.NC1(C(=O)O)CC2CC(C(=O)O)C1C2. The van der Waals surface area contributed by atoms with E-state index in [2.05, 4.69) is 0 Å². The molecule has 0 saturated heterocycles. The van der Waals surface area contributed by atoms with E-state index < -0.39 is 23.4 Å². The fourth-order valence-electron chi connectivity index (χ4n) is 3.03.